The van der Waals surface area contributed by atoms with Crippen LogP contribution >= 0.6 is 39.1 Å². The normalized spacial score (nSPS) is 15.3. The first-order valence-electron chi connectivity index (χ1n) is 10.6. The van der Waals surface area contributed by atoms with Crippen molar-refractivity contribution in [2.24, 2.45) is 0 Å². The standard InChI is InChI=1S/C24H27BrCl2N2O2/c25-19-6-4-5-18(15-19)23(24(31)28-21-7-2-1-3-8-21)29(22(30)16-26)14-13-17-9-11-20(27)12-10-17/h4-6,9-12,15,21,23H,1-3,7-8,13-14,16H2,(H,28,31)/t23-/m1/s1. The van der Waals surface area contributed by atoms with Crippen molar-refractivity contribution in [1.29, 1.82) is 0 Å². The van der Waals surface area contributed by atoms with Gasteiger partial charge in [0.25, 0.3) is 0 Å². The SMILES string of the molecule is O=C(NC1CCCCC1)[C@@H](c1cccc(Br)c1)N(CCc1ccc(Cl)cc1)C(=O)CCl. The highest BCUT2D eigenvalue weighted by atomic mass is 79.9. The maximum Gasteiger partial charge on any atom is 0.247 e. The summed E-state index contributed by atoms with van der Waals surface area (Å²) in [6.07, 6.45) is 6.00. The van der Waals surface area contributed by atoms with Gasteiger partial charge in [-0.3, -0.25) is 9.59 Å². The van der Waals surface area contributed by atoms with Crippen LogP contribution in [0.25, 0.3) is 0 Å². The van der Waals surface area contributed by atoms with E-state index in [0.29, 0.717) is 18.0 Å². The number of carbonyl (C=O) groups is 2. The first-order valence-corrected chi connectivity index (χ1v) is 12.3. The van der Waals surface area contributed by atoms with Gasteiger partial charge in [0.05, 0.1) is 0 Å². The van der Waals surface area contributed by atoms with Gasteiger partial charge < -0.3 is 10.2 Å². The quantitative estimate of drug-likeness (QED) is 0.436. The second-order valence-corrected chi connectivity index (χ2v) is 9.52. The molecule has 4 nitrogen and oxygen atoms in total. The molecule has 7 heteroatoms. The summed E-state index contributed by atoms with van der Waals surface area (Å²) in [5.74, 6) is -0.596. The summed E-state index contributed by atoms with van der Waals surface area (Å²) in [5, 5.41) is 3.86. The molecule has 31 heavy (non-hydrogen) atoms. The van der Waals surface area contributed by atoms with Crippen LogP contribution in [-0.2, 0) is 16.0 Å². The van der Waals surface area contributed by atoms with Gasteiger partial charge in [0.2, 0.25) is 11.8 Å². The maximum atomic E-state index is 13.5. The number of benzene rings is 2. The number of halogens is 3. The van der Waals surface area contributed by atoms with Crippen molar-refractivity contribution in [1.82, 2.24) is 10.2 Å². The number of amides is 2. The zero-order valence-corrected chi connectivity index (χ0v) is 20.4. The van der Waals surface area contributed by atoms with Crippen LogP contribution in [0.1, 0.15) is 49.3 Å². The summed E-state index contributed by atoms with van der Waals surface area (Å²) in [4.78, 5) is 27.9. The van der Waals surface area contributed by atoms with Crippen LogP contribution in [0.3, 0.4) is 0 Å². The van der Waals surface area contributed by atoms with Crippen molar-refractivity contribution in [2.45, 2.75) is 50.6 Å². The summed E-state index contributed by atoms with van der Waals surface area (Å²) in [7, 11) is 0. The lowest BCUT2D eigenvalue weighted by atomic mass is 9.94. The van der Waals surface area contributed by atoms with E-state index in [9.17, 15) is 9.59 Å². The summed E-state index contributed by atoms with van der Waals surface area (Å²) in [5.41, 5.74) is 1.80. The van der Waals surface area contributed by atoms with E-state index in [0.717, 1.165) is 41.3 Å². The molecule has 1 N–H and O–H groups in total. The Balaban J connectivity index is 1.87. The van der Waals surface area contributed by atoms with E-state index >= 15 is 0 Å². The fourth-order valence-corrected chi connectivity index (χ4v) is 4.75. The van der Waals surface area contributed by atoms with Gasteiger partial charge >= 0.3 is 0 Å². The maximum absolute atomic E-state index is 13.5. The molecule has 0 bridgehead atoms. The predicted molar refractivity (Wildman–Crippen MR) is 129 cm³/mol. The molecular formula is C24H27BrCl2N2O2. The topological polar surface area (TPSA) is 49.4 Å². The predicted octanol–water partition coefficient (Wildman–Crippen LogP) is 5.90. The monoisotopic (exact) mass is 524 g/mol. The fraction of sp³-hybridized carbons (Fsp3) is 0.417. The molecule has 0 saturated heterocycles. The molecular weight excluding hydrogens is 499 g/mol. The second-order valence-electron chi connectivity index (χ2n) is 7.90. The first kappa shape index (κ1) is 24.1. The van der Waals surface area contributed by atoms with Gasteiger partial charge in [0.15, 0.2) is 0 Å². The Morgan fingerprint density at radius 2 is 1.81 bits per heavy atom. The summed E-state index contributed by atoms with van der Waals surface area (Å²) < 4.78 is 0.858. The third kappa shape index (κ3) is 6.96. The minimum atomic E-state index is -0.738. The minimum Gasteiger partial charge on any atom is -0.351 e. The molecule has 0 spiro atoms. The lowest BCUT2D eigenvalue weighted by molar-refractivity contribution is -0.139. The molecule has 0 radical (unpaired) electrons. The van der Waals surface area contributed by atoms with E-state index in [1.54, 1.807) is 4.90 Å². The molecule has 0 heterocycles. The van der Waals surface area contributed by atoms with Gasteiger partial charge in [-0.2, -0.15) is 0 Å². The van der Waals surface area contributed by atoms with Crippen LogP contribution in [0.15, 0.2) is 53.0 Å². The number of nitrogens with zero attached hydrogens (tertiary/aromatic N) is 1. The largest absolute Gasteiger partial charge is 0.351 e. The highest BCUT2D eigenvalue weighted by Gasteiger charge is 2.32. The minimum absolute atomic E-state index is 0.153. The molecule has 3 rings (SSSR count). The van der Waals surface area contributed by atoms with Crippen LogP contribution in [0, 0.1) is 0 Å². The van der Waals surface area contributed by atoms with Gasteiger partial charge in [-0.15, -0.1) is 11.6 Å². The highest BCUT2D eigenvalue weighted by Crippen LogP contribution is 2.27. The van der Waals surface area contributed by atoms with E-state index in [1.807, 2.05) is 48.5 Å². The number of hydrogen-bond acceptors (Lipinski definition) is 2. The van der Waals surface area contributed by atoms with Crippen LogP contribution < -0.4 is 5.32 Å². The van der Waals surface area contributed by atoms with Crippen molar-refractivity contribution in [3.63, 3.8) is 0 Å². The lowest BCUT2D eigenvalue weighted by Gasteiger charge is -2.33. The Labute approximate surface area is 202 Å². The van der Waals surface area contributed by atoms with E-state index in [-0.39, 0.29) is 23.7 Å². The fourth-order valence-electron chi connectivity index (χ4n) is 4.05. The molecule has 1 aliphatic carbocycles. The number of carbonyl (C=O) groups excluding carboxylic acids is 2. The third-order valence-corrected chi connectivity index (χ3v) is 6.64. The average Bonchev–Trinajstić information content (AvgIpc) is 2.77. The average molecular weight is 526 g/mol. The van der Waals surface area contributed by atoms with Crippen LogP contribution in [0.2, 0.25) is 5.02 Å². The Morgan fingerprint density at radius 3 is 2.45 bits per heavy atom. The molecule has 1 fully saturated rings. The molecule has 1 atom stereocenters. The number of rotatable bonds is 8. The first-order chi connectivity index (χ1) is 15.0. The van der Waals surface area contributed by atoms with Crippen LogP contribution in [-0.4, -0.2) is 35.2 Å². The van der Waals surface area contributed by atoms with E-state index in [4.69, 9.17) is 23.2 Å². The zero-order valence-electron chi connectivity index (χ0n) is 17.3. The third-order valence-electron chi connectivity index (χ3n) is 5.67. The van der Waals surface area contributed by atoms with Gasteiger partial charge in [0, 0.05) is 22.1 Å². The van der Waals surface area contributed by atoms with Crippen molar-refractivity contribution in [3.05, 3.63) is 69.2 Å². The van der Waals surface area contributed by atoms with E-state index in [2.05, 4.69) is 21.2 Å². The molecule has 1 saturated carbocycles. The summed E-state index contributed by atoms with van der Waals surface area (Å²) in [6.45, 7) is 0.377. The van der Waals surface area contributed by atoms with Crippen LogP contribution in [0.5, 0.6) is 0 Å². The Morgan fingerprint density at radius 1 is 1.10 bits per heavy atom. The van der Waals surface area contributed by atoms with E-state index < -0.39 is 6.04 Å². The molecule has 2 aromatic carbocycles. The van der Waals surface area contributed by atoms with Gasteiger partial charge in [-0.1, -0.05) is 71.1 Å². The summed E-state index contributed by atoms with van der Waals surface area (Å²) in [6, 6.07) is 14.5. The molecule has 1 aliphatic rings. The Hall–Kier alpha value is -1.56. The molecule has 0 aliphatic heterocycles. The van der Waals surface area contributed by atoms with Crippen molar-refractivity contribution < 1.29 is 9.59 Å². The molecule has 0 aromatic heterocycles. The van der Waals surface area contributed by atoms with Crippen LogP contribution in [0.4, 0.5) is 0 Å². The second kappa shape index (κ2) is 11.9. The van der Waals surface area contributed by atoms with Gasteiger partial charge in [-0.25, -0.2) is 0 Å². The van der Waals surface area contributed by atoms with E-state index in [1.165, 1.54) is 6.42 Å². The highest BCUT2D eigenvalue weighted by molar-refractivity contribution is 9.10. The van der Waals surface area contributed by atoms with Gasteiger partial charge in [-0.05, 0) is 54.7 Å². The molecule has 0 unspecified atom stereocenters. The Kier molecular flexibility index (Phi) is 9.24. The molecule has 166 valence electrons. The van der Waals surface area contributed by atoms with Gasteiger partial charge in [0.1, 0.15) is 11.9 Å². The number of hydrogen-bond donors (Lipinski definition) is 1. The van der Waals surface area contributed by atoms with Crippen molar-refractivity contribution in [3.8, 4) is 0 Å². The lowest BCUT2D eigenvalue weighted by Crippen LogP contribution is -2.48. The number of nitrogens with one attached hydrogen (secondary N) is 1. The Bertz CT molecular complexity index is 885. The molecule has 2 amide bonds. The smallest absolute Gasteiger partial charge is 0.247 e. The zero-order chi connectivity index (χ0) is 22.2. The summed E-state index contributed by atoms with van der Waals surface area (Å²) >= 11 is 15.4. The van der Waals surface area contributed by atoms with Crippen molar-refractivity contribution >= 4 is 50.9 Å². The van der Waals surface area contributed by atoms with Crippen molar-refractivity contribution in [2.75, 3.05) is 12.4 Å². The molecule has 2 aromatic rings. The number of alkyl halides is 1.